The van der Waals surface area contributed by atoms with Crippen molar-refractivity contribution in [2.45, 2.75) is 58.2 Å². The first kappa shape index (κ1) is 19.9. The average molecular weight is 395 g/mol. The lowest BCUT2D eigenvalue weighted by atomic mass is 9.99. The summed E-state index contributed by atoms with van der Waals surface area (Å²) in [5, 5.41) is 18.9. The van der Waals surface area contributed by atoms with Crippen LogP contribution in [0.3, 0.4) is 0 Å². The van der Waals surface area contributed by atoms with Gasteiger partial charge in [-0.15, -0.1) is 0 Å². The molecule has 0 saturated carbocycles. The van der Waals surface area contributed by atoms with Crippen molar-refractivity contribution in [2.75, 3.05) is 13.1 Å². The van der Waals surface area contributed by atoms with Gasteiger partial charge in [0.25, 0.3) is 5.56 Å². The van der Waals surface area contributed by atoms with Gasteiger partial charge in [0.15, 0.2) is 0 Å². The Balaban J connectivity index is 1.78. The molecule has 1 saturated heterocycles. The molecule has 2 N–H and O–H groups in total. The number of aliphatic hydroxyl groups is 1. The summed E-state index contributed by atoms with van der Waals surface area (Å²) in [5.41, 5.74) is 3.81. The van der Waals surface area contributed by atoms with Gasteiger partial charge in [-0.05, 0) is 50.4 Å². The van der Waals surface area contributed by atoms with Gasteiger partial charge in [-0.2, -0.15) is 0 Å². The van der Waals surface area contributed by atoms with Crippen molar-refractivity contribution in [2.24, 2.45) is 0 Å². The van der Waals surface area contributed by atoms with Crippen LogP contribution in [0.1, 0.15) is 43.7 Å². The average Bonchev–Trinajstić information content (AvgIpc) is 3.03. The predicted molar refractivity (Wildman–Crippen MR) is 117 cm³/mol. The molecule has 4 rings (SSSR count). The Morgan fingerprint density at radius 1 is 1.24 bits per heavy atom. The van der Waals surface area contributed by atoms with Crippen LogP contribution in [0.15, 0.2) is 35.1 Å². The van der Waals surface area contributed by atoms with Crippen LogP contribution in [0, 0.1) is 12.3 Å². The summed E-state index contributed by atoms with van der Waals surface area (Å²) in [5.74, 6) is 0. The molecular weight excluding hydrogens is 364 g/mol. The first-order valence-electron chi connectivity index (χ1n) is 10.6. The smallest absolute Gasteiger partial charge is 0.257 e. The fraction of sp³-hybridized carbons (Fsp3) is 0.478. The van der Waals surface area contributed by atoms with E-state index in [1.807, 2.05) is 35.8 Å². The largest absolute Gasteiger partial charge is 0.390 e. The molecule has 3 aromatic rings. The molecule has 1 aliphatic rings. The molecule has 1 fully saturated rings. The van der Waals surface area contributed by atoms with Crippen LogP contribution in [0.25, 0.3) is 16.7 Å². The van der Waals surface area contributed by atoms with Crippen molar-refractivity contribution in [1.29, 1.82) is 5.41 Å². The summed E-state index contributed by atoms with van der Waals surface area (Å²) in [6.07, 6.45) is 5.52. The first-order valence-corrected chi connectivity index (χ1v) is 10.6. The highest BCUT2D eigenvalue weighted by Crippen LogP contribution is 2.24. The zero-order valence-electron chi connectivity index (χ0n) is 17.3. The SMILES string of the molecule is CCC1CCCCN1CC(O)Cn1c2ccccc2n2c(=O)cc(C)c(C=N)c12. The van der Waals surface area contributed by atoms with Gasteiger partial charge in [-0.3, -0.25) is 14.1 Å². The Bertz CT molecular complexity index is 1100. The molecule has 6 heteroatoms. The molecule has 29 heavy (non-hydrogen) atoms. The fourth-order valence-electron chi connectivity index (χ4n) is 4.89. The van der Waals surface area contributed by atoms with Gasteiger partial charge in [-0.1, -0.05) is 25.5 Å². The summed E-state index contributed by atoms with van der Waals surface area (Å²) in [6, 6.07) is 9.89. The van der Waals surface area contributed by atoms with Gasteiger partial charge in [0, 0.05) is 30.4 Å². The molecule has 0 aliphatic carbocycles. The van der Waals surface area contributed by atoms with Crippen LogP contribution in [-0.2, 0) is 6.54 Å². The van der Waals surface area contributed by atoms with Crippen molar-refractivity contribution < 1.29 is 5.11 Å². The van der Waals surface area contributed by atoms with Crippen LogP contribution < -0.4 is 5.56 Å². The zero-order chi connectivity index (χ0) is 20.5. The number of para-hydroxylation sites is 2. The first-order chi connectivity index (χ1) is 14.0. The van der Waals surface area contributed by atoms with Crippen LogP contribution in [0.5, 0.6) is 0 Å². The Hall–Kier alpha value is -2.44. The Morgan fingerprint density at radius 3 is 2.72 bits per heavy atom. The minimum absolute atomic E-state index is 0.102. The number of imidazole rings is 1. The van der Waals surface area contributed by atoms with Crippen LogP contribution >= 0.6 is 0 Å². The number of hydrogen-bond donors (Lipinski definition) is 2. The third-order valence-corrected chi connectivity index (χ3v) is 6.31. The lowest BCUT2D eigenvalue weighted by Gasteiger charge is -2.36. The molecule has 1 aromatic carbocycles. The van der Waals surface area contributed by atoms with E-state index in [0.29, 0.717) is 24.8 Å². The molecule has 2 aromatic heterocycles. The number of β-amino-alcohol motifs (C(OH)–C–C–N with tert-alkyl or cyclic N) is 1. The third-order valence-electron chi connectivity index (χ3n) is 6.31. The molecule has 0 spiro atoms. The summed E-state index contributed by atoms with van der Waals surface area (Å²) in [4.78, 5) is 15.2. The standard InChI is InChI=1S/C23H30N4O2/c1-3-17-8-6-7-11-25(17)14-18(28)15-26-20-9-4-5-10-21(20)27-22(29)12-16(2)19(13-24)23(26)27/h4-5,9-10,12-13,17-18,24,28H,3,6-8,11,14-15H2,1-2H3. The molecule has 3 heterocycles. The number of pyridine rings is 1. The van der Waals surface area contributed by atoms with E-state index in [4.69, 9.17) is 5.41 Å². The van der Waals surface area contributed by atoms with Crippen molar-refractivity contribution in [3.63, 3.8) is 0 Å². The van der Waals surface area contributed by atoms with Gasteiger partial charge in [0.05, 0.1) is 23.7 Å². The van der Waals surface area contributed by atoms with E-state index in [1.165, 1.54) is 25.5 Å². The van der Waals surface area contributed by atoms with Crippen LogP contribution in [-0.4, -0.2) is 50.4 Å². The minimum atomic E-state index is -0.545. The summed E-state index contributed by atoms with van der Waals surface area (Å²) in [6.45, 7) is 6.14. The maximum atomic E-state index is 12.8. The lowest BCUT2D eigenvalue weighted by molar-refractivity contribution is 0.0581. The van der Waals surface area contributed by atoms with E-state index in [9.17, 15) is 9.90 Å². The van der Waals surface area contributed by atoms with Crippen LogP contribution in [0.2, 0.25) is 0 Å². The van der Waals surface area contributed by atoms with Gasteiger partial charge >= 0.3 is 0 Å². The molecule has 2 atom stereocenters. The van der Waals surface area contributed by atoms with E-state index in [-0.39, 0.29) is 5.56 Å². The normalized spacial score (nSPS) is 19.1. The Morgan fingerprint density at radius 2 is 2.00 bits per heavy atom. The number of fused-ring (bicyclic) bond motifs is 3. The number of piperidine rings is 1. The van der Waals surface area contributed by atoms with E-state index < -0.39 is 6.10 Å². The number of aryl methyl sites for hydroxylation is 1. The topological polar surface area (TPSA) is 73.7 Å². The van der Waals surface area contributed by atoms with Crippen molar-refractivity contribution in [1.82, 2.24) is 13.9 Å². The molecule has 6 nitrogen and oxygen atoms in total. The van der Waals surface area contributed by atoms with Gasteiger partial charge in [-0.25, -0.2) is 0 Å². The summed E-state index contributed by atoms with van der Waals surface area (Å²) < 4.78 is 3.69. The molecule has 1 aliphatic heterocycles. The minimum Gasteiger partial charge on any atom is -0.390 e. The molecule has 0 amide bonds. The number of hydrogen-bond acceptors (Lipinski definition) is 4. The summed E-state index contributed by atoms with van der Waals surface area (Å²) >= 11 is 0. The van der Waals surface area contributed by atoms with E-state index in [1.54, 1.807) is 10.5 Å². The van der Waals surface area contributed by atoms with Gasteiger partial charge in [0.2, 0.25) is 0 Å². The second-order valence-electron chi connectivity index (χ2n) is 8.19. The number of rotatable bonds is 6. The maximum absolute atomic E-state index is 12.8. The molecule has 154 valence electrons. The second-order valence-corrected chi connectivity index (χ2v) is 8.19. The number of nitrogens with zero attached hydrogens (tertiary/aromatic N) is 3. The van der Waals surface area contributed by atoms with Gasteiger partial charge in [0.1, 0.15) is 5.65 Å². The second kappa shape index (κ2) is 8.13. The molecule has 2 unspecified atom stereocenters. The number of aliphatic hydroxyl groups excluding tert-OH is 1. The van der Waals surface area contributed by atoms with Crippen molar-refractivity contribution in [3.05, 3.63) is 51.8 Å². The molecule has 0 radical (unpaired) electrons. The highest BCUT2D eigenvalue weighted by Gasteiger charge is 2.24. The van der Waals surface area contributed by atoms with E-state index in [2.05, 4.69) is 11.8 Å². The van der Waals surface area contributed by atoms with Gasteiger partial charge < -0.3 is 15.1 Å². The summed E-state index contributed by atoms with van der Waals surface area (Å²) in [7, 11) is 0. The quantitative estimate of drug-likeness (QED) is 0.631. The van der Waals surface area contributed by atoms with E-state index in [0.717, 1.165) is 35.1 Å². The highest BCUT2D eigenvalue weighted by atomic mass is 16.3. The predicted octanol–water partition coefficient (Wildman–Crippen LogP) is 3.19. The monoisotopic (exact) mass is 394 g/mol. The lowest BCUT2D eigenvalue weighted by Crippen LogP contribution is -2.44. The zero-order valence-corrected chi connectivity index (χ0v) is 17.3. The Labute approximate surface area is 170 Å². The number of aromatic nitrogens is 2. The maximum Gasteiger partial charge on any atom is 0.257 e. The number of nitrogens with one attached hydrogen (secondary N) is 1. The van der Waals surface area contributed by atoms with Crippen molar-refractivity contribution >= 4 is 22.9 Å². The highest BCUT2D eigenvalue weighted by molar-refractivity contribution is 5.93. The fourth-order valence-corrected chi connectivity index (χ4v) is 4.89. The number of likely N-dealkylation sites (tertiary alicyclic amines) is 1. The van der Waals surface area contributed by atoms with Crippen molar-refractivity contribution in [3.8, 4) is 0 Å². The van der Waals surface area contributed by atoms with Crippen LogP contribution in [0.4, 0.5) is 0 Å². The Kier molecular flexibility index (Phi) is 5.56. The third kappa shape index (κ3) is 3.51. The molecular formula is C23H30N4O2. The number of benzene rings is 1. The van der Waals surface area contributed by atoms with E-state index >= 15 is 0 Å². The molecule has 0 bridgehead atoms.